The van der Waals surface area contributed by atoms with Gasteiger partial charge in [-0.15, -0.1) is 0 Å². The minimum atomic E-state index is -0.186. The fourth-order valence-corrected chi connectivity index (χ4v) is 2.30. The standard InChI is InChI=1S/C13H15BrFN3/c1-16-12(13-7-18(2)8-17-13)6-9-5-10(14)3-4-11(9)15/h3-5,7-8,12,16H,6H2,1-2H3. The number of aromatic nitrogens is 2. The molecule has 1 heterocycles. The summed E-state index contributed by atoms with van der Waals surface area (Å²) in [7, 11) is 3.78. The third kappa shape index (κ3) is 2.97. The van der Waals surface area contributed by atoms with E-state index in [0.29, 0.717) is 12.0 Å². The molecule has 1 aromatic heterocycles. The summed E-state index contributed by atoms with van der Waals surface area (Å²) in [6.45, 7) is 0. The van der Waals surface area contributed by atoms with Crippen molar-refractivity contribution in [1.82, 2.24) is 14.9 Å². The molecule has 0 aliphatic heterocycles. The lowest BCUT2D eigenvalue weighted by molar-refractivity contribution is 0.546. The molecule has 3 nitrogen and oxygen atoms in total. The second-order valence-corrected chi connectivity index (χ2v) is 5.16. The summed E-state index contributed by atoms with van der Waals surface area (Å²) in [6, 6.07) is 5.00. The van der Waals surface area contributed by atoms with E-state index in [1.165, 1.54) is 6.07 Å². The predicted molar refractivity (Wildman–Crippen MR) is 72.8 cm³/mol. The predicted octanol–water partition coefficient (Wildman–Crippen LogP) is 2.82. The summed E-state index contributed by atoms with van der Waals surface area (Å²) in [5.74, 6) is -0.186. The first-order chi connectivity index (χ1) is 8.60. The van der Waals surface area contributed by atoms with Crippen molar-refractivity contribution in [3.8, 4) is 0 Å². The number of hydrogen-bond donors (Lipinski definition) is 1. The molecule has 96 valence electrons. The summed E-state index contributed by atoms with van der Waals surface area (Å²) >= 11 is 3.36. The first kappa shape index (κ1) is 13.2. The van der Waals surface area contributed by atoms with Crippen LogP contribution in [0.5, 0.6) is 0 Å². The van der Waals surface area contributed by atoms with Gasteiger partial charge in [-0.2, -0.15) is 0 Å². The molecule has 18 heavy (non-hydrogen) atoms. The van der Waals surface area contributed by atoms with Crippen LogP contribution in [0.25, 0.3) is 0 Å². The van der Waals surface area contributed by atoms with E-state index in [1.54, 1.807) is 12.4 Å². The van der Waals surface area contributed by atoms with Gasteiger partial charge < -0.3 is 9.88 Å². The molecule has 0 radical (unpaired) electrons. The maximum atomic E-state index is 13.7. The van der Waals surface area contributed by atoms with Crippen LogP contribution in [-0.4, -0.2) is 16.6 Å². The average molecular weight is 312 g/mol. The number of aryl methyl sites for hydroxylation is 1. The number of hydrogen-bond acceptors (Lipinski definition) is 2. The van der Waals surface area contributed by atoms with Gasteiger partial charge in [0.15, 0.2) is 0 Å². The monoisotopic (exact) mass is 311 g/mol. The van der Waals surface area contributed by atoms with E-state index >= 15 is 0 Å². The van der Waals surface area contributed by atoms with E-state index in [2.05, 4.69) is 26.2 Å². The number of imidazole rings is 1. The number of nitrogens with one attached hydrogen (secondary N) is 1. The van der Waals surface area contributed by atoms with E-state index in [9.17, 15) is 4.39 Å². The molecule has 0 aliphatic carbocycles. The molecule has 5 heteroatoms. The van der Waals surface area contributed by atoms with E-state index < -0.39 is 0 Å². The lowest BCUT2D eigenvalue weighted by atomic mass is 10.0. The van der Waals surface area contributed by atoms with Crippen LogP contribution in [0.15, 0.2) is 35.2 Å². The van der Waals surface area contributed by atoms with E-state index in [4.69, 9.17) is 0 Å². The number of halogens is 2. The molecule has 2 rings (SSSR count). The Morgan fingerprint density at radius 2 is 2.28 bits per heavy atom. The third-order valence-electron chi connectivity index (χ3n) is 2.86. The zero-order chi connectivity index (χ0) is 13.1. The van der Waals surface area contributed by atoms with Gasteiger partial charge in [0.2, 0.25) is 0 Å². The zero-order valence-corrected chi connectivity index (χ0v) is 11.9. The van der Waals surface area contributed by atoms with Crippen molar-refractivity contribution in [2.24, 2.45) is 7.05 Å². The van der Waals surface area contributed by atoms with Crippen molar-refractivity contribution in [2.75, 3.05) is 7.05 Å². The first-order valence-electron chi connectivity index (χ1n) is 5.69. The highest BCUT2D eigenvalue weighted by atomic mass is 79.9. The Morgan fingerprint density at radius 1 is 1.50 bits per heavy atom. The maximum Gasteiger partial charge on any atom is 0.126 e. The third-order valence-corrected chi connectivity index (χ3v) is 3.36. The second-order valence-electron chi connectivity index (χ2n) is 4.25. The number of rotatable bonds is 4. The Hall–Kier alpha value is -1.20. The highest BCUT2D eigenvalue weighted by Crippen LogP contribution is 2.21. The van der Waals surface area contributed by atoms with Crippen molar-refractivity contribution in [3.63, 3.8) is 0 Å². The Labute approximate surface area is 114 Å². The van der Waals surface area contributed by atoms with E-state index in [0.717, 1.165) is 10.2 Å². The molecule has 0 aliphatic rings. The maximum absolute atomic E-state index is 13.7. The van der Waals surface area contributed by atoms with Gasteiger partial charge in [0.25, 0.3) is 0 Å². The summed E-state index contributed by atoms with van der Waals surface area (Å²) in [6.07, 6.45) is 4.26. The van der Waals surface area contributed by atoms with Crippen LogP contribution >= 0.6 is 15.9 Å². The van der Waals surface area contributed by atoms with E-state index in [-0.39, 0.29) is 11.9 Å². The topological polar surface area (TPSA) is 29.9 Å². The SMILES string of the molecule is CNC(Cc1cc(Br)ccc1F)c1cn(C)cn1. The van der Waals surface area contributed by atoms with Crippen LogP contribution in [0.1, 0.15) is 17.3 Å². The molecular formula is C13H15BrFN3. The van der Waals surface area contributed by atoms with Gasteiger partial charge in [-0.1, -0.05) is 15.9 Å². The molecule has 1 aromatic carbocycles. The van der Waals surface area contributed by atoms with Crippen molar-refractivity contribution in [1.29, 1.82) is 0 Å². The van der Waals surface area contributed by atoms with Crippen LogP contribution in [0, 0.1) is 5.82 Å². The molecule has 0 amide bonds. The summed E-state index contributed by atoms with van der Waals surface area (Å²) < 4.78 is 16.5. The molecule has 1 unspecified atom stereocenters. The molecule has 0 bridgehead atoms. The average Bonchev–Trinajstić information content (AvgIpc) is 2.77. The Morgan fingerprint density at radius 3 is 2.89 bits per heavy atom. The zero-order valence-electron chi connectivity index (χ0n) is 10.3. The Balaban J connectivity index is 2.22. The first-order valence-corrected chi connectivity index (χ1v) is 6.48. The molecule has 0 saturated heterocycles. The minimum absolute atomic E-state index is 0.00926. The fourth-order valence-electron chi connectivity index (χ4n) is 1.89. The van der Waals surface area contributed by atoms with Crippen LogP contribution in [0.2, 0.25) is 0 Å². The van der Waals surface area contributed by atoms with Gasteiger partial charge in [0, 0.05) is 17.7 Å². The van der Waals surface area contributed by atoms with Crippen LogP contribution in [-0.2, 0) is 13.5 Å². The van der Waals surface area contributed by atoms with Crippen molar-refractivity contribution in [2.45, 2.75) is 12.5 Å². The van der Waals surface area contributed by atoms with Gasteiger partial charge >= 0.3 is 0 Å². The Kier molecular flexibility index (Phi) is 4.14. The largest absolute Gasteiger partial charge is 0.340 e. The number of likely N-dealkylation sites (N-methyl/N-ethyl adjacent to an activating group) is 1. The van der Waals surface area contributed by atoms with Crippen LogP contribution in [0.4, 0.5) is 4.39 Å². The Bertz CT molecular complexity index is 539. The van der Waals surface area contributed by atoms with Crippen molar-refractivity contribution >= 4 is 15.9 Å². The van der Waals surface area contributed by atoms with E-state index in [1.807, 2.05) is 30.9 Å². The lowest BCUT2D eigenvalue weighted by Gasteiger charge is -2.14. The quantitative estimate of drug-likeness (QED) is 0.941. The smallest absolute Gasteiger partial charge is 0.126 e. The lowest BCUT2D eigenvalue weighted by Crippen LogP contribution is -2.19. The van der Waals surface area contributed by atoms with Gasteiger partial charge in [0.05, 0.1) is 18.1 Å². The van der Waals surface area contributed by atoms with Gasteiger partial charge in [0.1, 0.15) is 5.82 Å². The highest BCUT2D eigenvalue weighted by Gasteiger charge is 2.15. The number of nitrogens with zero attached hydrogens (tertiary/aromatic N) is 2. The highest BCUT2D eigenvalue weighted by molar-refractivity contribution is 9.10. The number of benzene rings is 1. The normalized spacial score (nSPS) is 12.7. The van der Waals surface area contributed by atoms with Gasteiger partial charge in [-0.25, -0.2) is 9.37 Å². The molecule has 1 N–H and O–H groups in total. The minimum Gasteiger partial charge on any atom is -0.340 e. The summed E-state index contributed by atoms with van der Waals surface area (Å²) in [5, 5.41) is 3.17. The molecule has 2 aromatic rings. The molecule has 1 atom stereocenters. The van der Waals surface area contributed by atoms with Crippen molar-refractivity contribution < 1.29 is 4.39 Å². The van der Waals surface area contributed by atoms with Crippen LogP contribution in [0.3, 0.4) is 0 Å². The summed E-state index contributed by atoms with van der Waals surface area (Å²) in [4.78, 5) is 4.30. The molecular weight excluding hydrogens is 297 g/mol. The van der Waals surface area contributed by atoms with Crippen LogP contribution < -0.4 is 5.32 Å². The van der Waals surface area contributed by atoms with Gasteiger partial charge in [-0.3, -0.25) is 0 Å². The molecule has 0 spiro atoms. The molecule has 0 fully saturated rings. The summed E-state index contributed by atoms with van der Waals surface area (Å²) in [5.41, 5.74) is 1.59. The van der Waals surface area contributed by atoms with Crippen molar-refractivity contribution in [3.05, 3.63) is 52.3 Å². The van der Waals surface area contributed by atoms with Gasteiger partial charge in [-0.05, 0) is 37.2 Å². The molecule has 0 saturated carbocycles. The second kappa shape index (κ2) is 5.63. The fraction of sp³-hybridized carbons (Fsp3) is 0.308.